The molecule has 2 atom stereocenters. The van der Waals surface area contributed by atoms with Crippen LogP contribution in [0.4, 0.5) is 4.79 Å². The number of ether oxygens (including phenoxy) is 4. The molecule has 2 unspecified atom stereocenters. The summed E-state index contributed by atoms with van der Waals surface area (Å²) >= 11 is 0. The molecule has 5 nitrogen and oxygen atoms in total. The molecule has 0 rings (SSSR count). The van der Waals surface area contributed by atoms with Gasteiger partial charge in [0.05, 0.1) is 13.2 Å². The van der Waals surface area contributed by atoms with Gasteiger partial charge in [-0.25, -0.2) is 4.79 Å². The first-order chi connectivity index (χ1) is 8.31. The topological polar surface area (TPSA) is 54.0 Å². The Bertz CT molecular complexity index is 270. The number of hydrogen-bond donors (Lipinski definition) is 0. The predicted molar refractivity (Wildman–Crippen MR) is 68.0 cm³/mol. The minimum absolute atomic E-state index is 0.330. The predicted octanol–water partition coefficient (Wildman–Crippen LogP) is 3.02. The molecular weight excluding hydrogens is 236 g/mol. The summed E-state index contributed by atoms with van der Waals surface area (Å²) in [6.07, 6.45) is -2.22. The van der Waals surface area contributed by atoms with Crippen LogP contribution >= 0.6 is 0 Å². The summed E-state index contributed by atoms with van der Waals surface area (Å²) in [5, 5.41) is 0. The summed E-state index contributed by atoms with van der Waals surface area (Å²) in [4.78, 5) is 11.3. The molecule has 18 heavy (non-hydrogen) atoms. The van der Waals surface area contributed by atoms with E-state index >= 15 is 0 Å². The average molecular weight is 258 g/mol. The van der Waals surface area contributed by atoms with Crippen LogP contribution in [0.15, 0.2) is 24.3 Å². The lowest BCUT2D eigenvalue weighted by molar-refractivity contribution is -0.146. The molecule has 0 aliphatic rings. The van der Waals surface area contributed by atoms with Crippen molar-refractivity contribution in [3.63, 3.8) is 0 Å². The van der Waals surface area contributed by atoms with E-state index < -0.39 is 18.7 Å². The first kappa shape index (κ1) is 16.7. The second kappa shape index (κ2) is 8.72. The first-order valence-electron chi connectivity index (χ1n) is 5.70. The molecule has 0 bridgehead atoms. The standard InChI is InChI=1S/C13H22O5/c1-9(2)7-15-11(5)17-13(14)18-12(6)16-8-10(3)4/h11-12H,1,3,7-8H2,2,4-6H3. The number of carbonyl (C=O) groups excluding carboxylic acids is 1. The van der Waals surface area contributed by atoms with Crippen molar-refractivity contribution in [2.75, 3.05) is 13.2 Å². The second-order valence-corrected chi connectivity index (χ2v) is 4.16. The van der Waals surface area contributed by atoms with Crippen LogP contribution in [0.3, 0.4) is 0 Å². The molecule has 0 N–H and O–H groups in total. The van der Waals surface area contributed by atoms with Crippen LogP contribution in [0.25, 0.3) is 0 Å². The maximum Gasteiger partial charge on any atom is 0.512 e. The van der Waals surface area contributed by atoms with Crippen LogP contribution in [0, 0.1) is 0 Å². The molecule has 0 aromatic rings. The highest BCUT2D eigenvalue weighted by Crippen LogP contribution is 2.03. The fourth-order valence-corrected chi connectivity index (χ4v) is 0.886. The molecule has 0 aliphatic heterocycles. The van der Waals surface area contributed by atoms with Gasteiger partial charge in [-0.3, -0.25) is 0 Å². The van der Waals surface area contributed by atoms with Crippen LogP contribution in [0.1, 0.15) is 27.7 Å². The van der Waals surface area contributed by atoms with Gasteiger partial charge in [-0.05, 0) is 27.7 Å². The van der Waals surface area contributed by atoms with Crippen molar-refractivity contribution in [3.8, 4) is 0 Å². The van der Waals surface area contributed by atoms with Crippen molar-refractivity contribution in [3.05, 3.63) is 24.3 Å². The first-order valence-corrected chi connectivity index (χ1v) is 5.70. The van der Waals surface area contributed by atoms with Gasteiger partial charge in [-0.1, -0.05) is 24.3 Å². The van der Waals surface area contributed by atoms with Gasteiger partial charge in [0.25, 0.3) is 0 Å². The maximum absolute atomic E-state index is 11.3. The number of hydrogen-bond acceptors (Lipinski definition) is 5. The summed E-state index contributed by atoms with van der Waals surface area (Å²) in [5.74, 6) is 0. The molecule has 0 spiro atoms. The number of carbonyl (C=O) groups is 1. The number of rotatable bonds is 8. The molecule has 104 valence electrons. The van der Waals surface area contributed by atoms with Crippen molar-refractivity contribution < 1.29 is 23.7 Å². The highest BCUT2D eigenvalue weighted by molar-refractivity contribution is 5.60. The van der Waals surface area contributed by atoms with E-state index in [0.717, 1.165) is 11.1 Å². The highest BCUT2D eigenvalue weighted by Gasteiger charge is 2.14. The highest BCUT2D eigenvalue weighted by atomic mass is 16.8. The van der Waals surface area contributed by atoms with Crippen LogP contribution in [-0.2, 0) is 18.9 Å². The van der Waals surface area contributed by atoms with E-state index in [1.807, 2.05) is 13.8 Å². The molecule has 0 fully saturated rings. The third-order valence-electron chi connectivity index (χ3n) is 1.65. The van der Waals surface area contributed by atoms with Gasteiger partial charge in [-0.15, -0.1) is 0 Å². The van der Waals surface area contributed by atoms with E-state index in [1.165, 1.54) is 0 Å². The average Bonchev–Trinajstić information content (AvgIpc) is 2.23. The fraction of sp³-hybridized carbons (Fsp3) is 0.615. The van der Waals surface area contributed by atoms with Gasteiger partial charge >= 0.3 is 6.16 Å². The van der Waals surface area contributed by atoms with Gasteiger partial charge in [0.1, 0.15) is 0 Å². The van der Waals surface area contributed by atoms with Gasteiger partial charge in [-0.2, -0.15) is 0 Å². The second-order valence-electron chi connectivity index (χ2n) is 4.16. The van der Waals surface area contributed by atoms with Crippen LogP contribution in [0.5, 0.6) is 0 Å². The Morgan fingerprint density at radius 2 is 1.28 bits per heavy atom. The molecule has 0 heterocycles. The molecule has 0 saturated heterocycles. The molecule has 0 aliphatic carbocycles. The van der Waals surface area contributed by atoms with Crippen molar-refractivity contribution >= 4 is 6.16 Å². The Kier molecular flexibility index (Phi) is 8.07. The molecule has 0 radical (unpaired) electrons. The minimum atomic E-state index is -0.835. The van der Waals surface area contributed by atoms with Gasteiger partial charge < -0.3 is 18.9 Å². The smallest absolute Gasteiger partial charge is 0.405 e. The van der Waals surface area contributed by atoms with Crippen molar-refractivity contribution in [2.24, 2.45) is 0 Å². The van der Waals surface area contributed by atoms with E-state index in [9.17, 15) is 4.79 Å². The normalized spacial score (nSPS) is 13.6. The Balaban J connectivity index is 3.81. The van der Waals surface area contributed by atoms with E-state index in [2.05, 4.69) is 13.2 Å². The maximum atomic E-state index is 11.3. The lowest BCUT2D eigenvalue weighted by Crippen LogP contribution is -2.24. The van der Waals surface area contributed by atoms with Crippen molar-refractivity contribution in [1.82, 2.24) is 0 Å². The van der Waals surface area contributed by atoms with Gasteiger partial charge in [0, 0.05) is 0 Å². The zero-order chi connectivity index (χ0) is 14.1. The van der Waals surface area contributed by atoms with Crippen molar-refractivity contribution in [2.45, 2.75) is 40.3 Å². The summed E-state index contributed by atoms with van der Waals surface area (Å²) in [5.41, 5.74) is 1.69. The van der Waals surface area contributed by atoms with E-state index in [1.54, 1.807) is 13.8 Å². The Morgan fingerprint density at radius 1 is 0.944 bits per heavy atom. The quantitative estimate of drug-likeness (QED) is 0.380. The molecule has 5 heteroatoms. The summed E-state index contributed by atoms with van der Waals surface area (Å²) < 4.78 is 20.1. The zero-order valence-corrected chi connectivity index (χ0v) is 11.5. The summed E-state index contributed by atoms with van der Waals surface area (Å²) in [7, 11) is 0. The van der Waals surface area contributed by atoms with Crippen LogP contribution < -0.4 is 0 Å². The molecular formula is C13H22O5. The lowest BCUT2D eigenvalue weighted by atomic mass is 10.4. The zero-order valence-electron chi connectivity index (χ0n) is 11.5. The van der Waals surface area contributed by atoms with Crippen LogP contribution in [-0.4, -0.2) is 31.9 Å². The molecule has 0 amide bonds. The fourth-order valence-electron chi connectivity index (χ4n) is 0.886. The Labute approximate surface area is 108 Å². The van der Waals surface area contributed by atoms with Gasteiger partial charge in [0.2, 0.25) is 12.6 Å². The third kappa shape index (κ3) is 9.86. The Hall–Kier alpha value is -1.33. The Morgan fingerprint density at radius 3 is 1.56 bits per heavy atom. The van der Waals surface area contributed by atoms with E-state index in [4.69, 9.17) is 18.9 Å². The summed E-state index contributed by atoms with van der Waals surface area (Å²) in [6, 6.07) is 0. The lowest BCUT2D eigenvalue weighted by Gasteiger charge is -2.17. The van der Waals surface area contributed by atoms with Crippen LogP contribution in [0.2, 0.25) is 0 Å². The molecule has 0 saturated carbocycles. The monoisotopic (exact) mass is 258 g/mol. The van der Waals surface area contributed by atoms with Gasteiger partial charge in [0.15, 0.2) is 0 Å². The van der Waals surface area contributed by atoms with Crippen molar-refractivity contribution in [1.29, 1.82) is 0 Å². The summed E-state index contributed by atoms with van der Waals surface area (Å²) in [6.45, 7) is 14.8. The molecule has 0 aromatic heterocycles. The largest absolute Gasteiger partial charge is 0.512 e. The SMILES string of the molecule is C=C(C)COC(C)OC(=O)OC(C)OCC(=C)C. The van der Waals surface area contributed by atoms with E-state index in [0.29, 0.717) is 13.2 Å². The minimum Gasteiger partial charge on any atom is -0.405 e. The van der Waals surface area contributed by atoms with E-state index in [-0.39, 0.29) is 0 Å². The molecule has 0 aromatic carbocycles. The third-order valence-corrected chi connectivity index (χ3v) is 1.65.